The van der Waals surface area contributed by atoms with Crippen molar-refractivity contribution in [3.8, 4) is 0 Å². The molecule has 1 saturated heterocycles. The molecule has 0 unspecified atom stereocenters. The summed E-state index contributed by atoms with van der Waals surface area (Å²) in [4.78, 5) is 61.3. The molecule has 3 atom stereocenters. The van der Waals surface area contributed by atoms with E-state index < -0.39 is 23.9 Å². The van der Waals surface area contributed by atoms with Crippen molar-refractivity contribution in [2.75, 3.05) is 11.9 Å². The third kappa shape index (κ3) is 4.56. The van der Waals surface area contributed by atoms with Crippen LogP contribution in [0.3, 0.4) is 0 Å². The second kappa shape index (κ2) is 8.89. The van der Waals surface area contributed by atoms with Crippen LogP contribution in [0.25, 0.3) is 0 Å². The topological polar surface area (TPSA) is 136 Å². The van der Waals surface area contributed by atoms with Crippen molar-refractivity contribution < 1.29 is 28.7 Å². The molecule has 158 valence electrons. The van der Waals surface area contributed by atoms with Gasteiger partial charge in [0.05, 0.1) is 18.3 Å². The lowest BCUT2D eigenvalue weighted by Gasteiger charge is -2.16. The van der Waals surface area contributed by atoms with Gasteiger partial charge >= 0.3 is 5.97 Å². The molecule has 0 saturated carbocycles. The molecular formula is C21H23N3O6. The second-order valence-corrected chi connectivity index (χ2v) is 7.30. The summed E-state index contributed by atoms with van der Waals surface area (Å²) in [5, 5.41) is 2.56. The van der Waals surface area contributed by atoms with Crippen LogP contribution in [0.15, 0.2) is 36.4 Å². The minimum atomic E-state index is -1.08. The van der Waals surface area contributed by atoms with Crippen molar-refractivity contribution in [3.05, 3.63) is 42.0 Å². The first kappa shape index (κ1) is 21.2. The molecule has 4 amide bonds. The fourth-order valence-corrected chi connectivity index (χ4v) is 3.56. The predicted octanol–water partition coefficient (Wildman–Crippen LogP) is 0.997. The van der Waals surface area contributed by atoms with Gasteiger partial charge in [0.1, 0.15) is 0 Å². The van der Waals surface area contributed by atoms with E-state index in [-0.39, 0.29) is 36.6 Å². The maximum Gasteiger partial charge on any atom is 0.308 e. The van der Waals surface area contributed by atoms with Crippen molar-refractivity contribution in [3.63, 3.8) is 0 Å². The van der Waals surface area contributed by atoms with Crippen molar-refractivity contribution in [1.82, 2.24) is 4.90 Å². The fraction of sp³-hybridized carbons (Fsp3) is 0.381. The molecule has 0 radical (unpaired) electrons. The van der Waals surface area contributed by atoms with Crippen molar-refractivity contribution in [1.29, 1.82) is 0 Å². The van der Waals surface area contributed by atoms with E-state index in [2.05, 4.69) is 5.32 Å². The molecule has 1 aromatic rings. The number of esters is 1. The van der Waals surface area contributed by atoms with Crippen LogP contribution in [0.4, 0.5) is 5.69 Å². The highest BCUT2D eigenvalue weighted by Gasteiger charge is 2.47. The molecular weight excluding hydrogens is 390 g/mol. The number of hydrogen-bond donors (Lipinski definition) is 2. The zero-order valence-electron chi connectivity index (χ0n) is 16.5. The van der Waals surface area contributed by atoms with Crippen LogP contribution in [0.5, 0.6) is 0 Å². The molecule has 2 aliphatic rings. The average molecular weight is 413 g/mol. The Hall–Kier alpha value is -3.49. The number of nitrogens with zero attached hydrogens (tertiary/aromatic N) is 1. The largest absolute Gasteiger partial charge is 0.452 e. The number of allylic oxidation sites excluding steroid dienone is 2. The van der Waals surface area contributed by atoms with E-state index in [4.69, 9.17) is 10.5 Å². The van der Waals surface area contributed by atoms with Gasteiger partial charge in [0.15, 0.2) is 6.10 Å². The number of carbonyl (C=O) groups is 5. The summed E-state index contributed by atoms with van der Waals surface area (Å²) in [7, 11) is 0. The third-order valence-electron chi connectivity index (χ3n) is 5.25. The molecule has 30 heavy (non-hydrogen) atoms. The maximum absolute atomic E-state index is 12.4. The van der Waals surface area contributed by atoms with Crippen molar-refractivity contribution >= 4 is 35.3 Å². The Morgan fingerprint density at radius 3 is 2.20 bits per heavy atom. The molecule has 1 heterocycles. The van der Waals surface area contributed by atoms with Gasteiger partial charge in [-0.05, 0) is 44.0 Å². The highest BCUT2D eigenvalue weighted by Crippen LogP contribution is 2.35. The number of likely N-dealkylation sites (tertiary alicyclic amines) is 1. The molecule has 3 rings (SSSR count). The lowest BCUT2D eigenvalue weighted by molar-refractivity contribution is -0.154. The van der Waals surface area contributed by atoms with Gasteiger partial charge in [-0.1, -0.05) is 12.2 Å². The lowest BCUT2D eigenvalue weighted by atomic mass is 9.85. The highest BCUT2D eigenvalue weighted by molar-refractivity contribution is 6.05. The zero-order chi connectivity index (χ0) is 21.8. The van der Waals surface area contributed by atoms with E-state index in [0.717, 1.165) is 4.90 Å². The Kier molecular flexibility index (Phi) is 6.29. The fourth-order valence-electron chi connectivity index (χ4n) is 3.56. The molecule has 9 heteroatoms. The van der Waals surface area contributed by atoms with Crippen LogP contribution in [-0.2, 0) is 23.9 Å². The minimum absolute atomic E-state index is 0.0631. The SMILES string of the molecule is C[C@H](OC(=O)CCN1C(=O)[C@@H]2CC=CC[C@H]2C1=O)C(=O)Nc1ccc(C(N)=O)cc1. The van der Waals surface area contributed by atoms with Crippen molar-refractivity contribution in [2.24, 2.45) is 17.6 Å². The van der Waals surface area contributed by atoms with E-state index in [0.29, 0.717) is 24.1 Å². The Morgan fingerprint density at radius 1 is 1.10 bits per heavy atom. The number of anilines is 1. The minimum Gasteiger partial charge on any atom is -0.452 e. The van der Waals surface area contributed by atoms with Crippen LogP contribution < -0.4 is 11.1 Å². The molecule has 3 N–H and O–H groups in total. The van der Waals surface area contributed by atoms with Crippen LogP contribution in [0.2, 0.25) is 0 Å². The Labute approximate surface area is 173 Å². The number of nitrogens with two attached hydrogens (primary N) is 1. The zero-order valence-corrected chi connectivity index (χ0v) is 16.5. The van der Waals surface area contributed by atoms with Crippen LogP contribution in [0.1, 0.15) is 36.5 Å². The monoisotopic (exact) mass is 413 g/mol. The number of primary amides is 1. The summed E-state index contributed by atoms with van der Waals surface area (Å²) in [6, 6.07) is 5.94. The first-order chi connectivity index (χ1) is 14.3. The number of amides is 4. The number of imide groups is 1. The first-order valence-electron chi connectivity index (χ1n) is 9.68. The summed E-state index contributed by atoms with van der Waals surface area (Å²) < 4.78 is 5.11. The standard InChI is InChI=1S/C21H23N3O6/c1-12(19(27)23-14-8-6-13(7-9-14)18(22)26)30-17(25)10-11-24-20(28)15-4-2-3-5-16(15)21(24)29/h2-3,6-9,12,15-16H,4-5,10-11H2,1H3,(H2,22,26)(H,23,27)/t12-,15+,16+/m0/s1. The lowest BCUT2D eigenvalue weighted by Crippen LogP contribution is -2.35. The first-order valence-corrected chi connectivity index (χ1v) is 9.68. The number of rotatable bonds is 7. The summed E-state index contributed by atoms with van der Waals surface area (Å²) in [5.74, 6) is -3.02. The van der Waals surface area contributed by atoms with Gasteiger partial charge in [0, 0.05) is 17.8 Å². The number of fused-ring (bicyclic) bond motifs is 1. The third-order valence-corrected chi connectivity index (χ3v) is 5.25. The summed E-state index contributed by atoms with van der Waals surface area (Å²) in [6.07, 6.45) is 3.60. The number of carbonyl (C=O) groups excluding carboxylic acids is 5. The molecule has 1 fully saturated rings. The van der Waals surface area contributed by atoms with E-state index >= 15 is 0 Å². The van der Waals surface area contributed by atoms with Gasteiger partial charge in [-0.15, -0.1) is 0 Å². The summed E-state index contributed by atoms with van der Waals surface area (Å²) >= 11 is 0. The molecule has 0 aromatic heterocycles. The molecule has 9 nitrogen and oxygen atoms in total. The van der Waals surface area contributed by atoms with Gasteiger partial charge in [-0.2, -0.15) is 0 Å². The molecule has 1 aromatic carbocycles. The second-order valence-electron chi connectivity index (χ2n) is 7.30. The predicted molar refractivity (Wildman–Crippen MR) is 106 cm³/mol. The number of ether oxygens (including phenoxy) is 1. The Balaban J connectivity index is 1.47. The molecule has 1 aliphatic heterocycles. The Bertz CT molecular complexity index is 882. The van der Waals surface area contributed by atoms with Gasteiger partial charge in [0.2, 0.25) is 17.7 Å². The van der Waals surface area contributed by atoms with E-state index in [1.54, 1.807) is 0 Å². The van der Waals surface area contributed by atoms with Crippen LogP contribution >= 0.6 is 0 Å². The average Bonchev–Trinajstić information content (AvgIpc) is 2.97. The van der Waals surface area contributed by atoms with E-state index in [9.17, 15) is 24.0 Å². The van der Waals surface area contributed by atoms with Gasteiger partial charge < -0.3 is 15.8 Å². The van der Waals surface area contributed by atoms with Crippen LogP contribution in [-0.4, -0.2) is 47.1 Å². The molecule has 1 aliphatic carbocycles. The van der Waals surface area contributed by atoms with Gasteiger partial charge in [0.25, 0.3) is 5.91 Å². The van der Waals surface area contributed by atoms with E-state index in [1.165, 1.54) is 31.2 Å². The Morgan fingerprint density at radius 2 is 1.67 bits per heavy atom. The van der Waals surface area contributed by atoms with Crippen LogP contribution in [0, 0.1) is 11.8 Å². The quantitative estimate of drug-likeness (QED) is 0.389. The smallest absolute Gasteiger partial charge is 0.308 e. The molecule has 0 spiro atoms. The normalized spacial score (nSPS) is 21.2. The number of nitrogens with one attached hydrogen (secondary N) is 1. The highest BCUT2D eigenvalue weighted by atomic mass is 16.5. The number of benzene rings is 1. The maximum atomic E-state index is 12.4. The van der Waals surface area contributed by atoms with Gasteiger partial charge in [-0.3, -0.25) is 28.9 Å². The van der Waals surface area contributed by atoms with Gasteiger partial charge in [-0.25, -0.2) is 0 Å². The molecule has 0 bridgehead atoms. The van der Waals surface area contributed by atoms with E-state index in [1.807, 2.05) is 12.2 Å². The summed E-state index contributed by atoms with van der Waals surface area (Å²) in [5.41, 5.74) is 5.87. The summed E-state index contributed by atoms with van der Waals surface area (Å²) in [6.45, 7) is 1.35. The number of hydrogen-bond acceptors (Lipinski definition) is 6. The van der Waals surface area contributed by atoms with Crippen molar-refractivity contribution in [2.45, 2.75) is 32.3 Å².